The largest absolute Gasteiger partial charge is 0.464 e. The highest BCUT2D eigenvalue weighted by Gasteiger charge is 2.30. The summed E-state index contributed by atoms with van der Waals surface area (Å²) in [4.78, 5) is 23.2. The molecule has 20 heavy (non-hydrogen) atoms. The summed E-state index contributed by atoms with van der Waals surface area (Å²) >= 11 is 0. The fraction of sp³-hybridized carbons (Fsp3) is 0.200. The standard InChI is InChI=1S/C15H11NO4/c17-14-2-1-9(15(18)16-14)11-7-20-13-6-12-8(3-4-19-12)5-10(11)13/h3-7,9H,1-2H2,(H,16,17,18)/t9-/m1/s1. The van der Waals surface area contributed by atoms with Crippen LogP contribution in [0.3, 0.4) is 0 Å². The second-order valence-electron chi connectivity index (χ2n) is 5.00. The van der Waals surface area contributed by atoms with Crippen molar-refractivity contribution in [1.82, 2.24) is 5.32 Å². The van der Waals surface area contributed by atoms with Crippen LogP contribution >= 0.6 is 0 Å². The minimum Gasteiger partial charge on any atom is -0.464 e. The first kappa shape index (κ1) is 11.3. The lowest BCUT2D eigenvalue weighted by Gasteiger charge is -2.19. The van der Waals surface area contributed by atoms with E-state index in [0.717, 1.165) is 21.9 Å². The zero-order chi connectivity index (χ0) is 13.7. The number of nitrogens with one attached hydrogen (secondary N) is 1. The van der Waals surface area contributed by atoms with Crippen LogP contribution in [0.15, 0.2) is 39.6 Å². The molecule has 5 nitrogen and oxygen atoms in total. The van der Waals surface area contributed by atoms with Crippen molar-refractivity contribution in [3.05, 3.63) is 36.3 Å². The Morgan fingerprint density at radius 2 is 2.05 bits per heavy atom. The number of furan rings is 2. The molecule has 3 heterocycles. The van der Waals surface area contributed by atoms with E-state index in [1.165, 1.54) is 0 Å². The van der Waals surface area contributed by atoms with E-state index in [1.54, 1.807) is 12.5 Å². The maximum Gasteiger partial charge on any atom is 0.234 e. The summed E-state index contributed by atoms with van der Waals surface area (Å²) in [6, 6.07) is 5.65. The summed E-state index contributed by atoms with van der Waals surface area (Å²) in [6.07, 6.45) is 4.10. The molecule has 0 radical (unpaired) electrons. The average Bonchev–Trinajstić information content (AvgIpc) is 3.02. The minimum absolute atomic E-state index is 0.212. The smallest absolute Gasteiger partial charge is 0.234 e. The number of carbonyl (C=O) groups excluding carboxylic acids is 2. The average molecular weight is 269 g/mol. The Morgan fingerprint density at radius 3 is 2.90 bits per heavy atom. The van der Waals surface area contributed by atoms with E-state index in [2.05, 4.69) is 5.32 Å². The zero-order valence-corrected chi connectivity index (χ0v) is 10.5. The predicted octanol–water partition coefficient (Wildman–Crippen LogP) is 2.70. The van der Waals surface area contributed by atoms with Crippen molar-refractivity contribution < 1.29 is 18.4 Å². The summed E-state index contributed by atoms with van der Waals surface area (Å²) in [5, 5.41) is 4.24. The highest BCUT2D eigenvalue weighted by Crippen LogP contribution is 2.34. The van der Waals surface area contributed by atoms with Crippen LogP contribution in [-0.4, -0.2) is 11.8 Å². The first-order chi connectivity index (χ1) is 9.72. The van der Waals surface area contributed by atoms with E-state index >= 15 is 0 Å². The van der Waals surface area contributed by atoms with Gasteiger partial charge in [-0.25, -0.2) is 0 Å². The molecule has 2 aromatic heterocycles. The van der Waals surface area contributed by atoms with Crippen molar-refractivity contribution in [1.29, 1.82) is 0 Å². The quantitative estimate of drug-likeness (QED) is 0.689. The van der Waals surface area contributed by atoms with Crippen LogP contribution in [0, 0.1) is 0 Å². The van der Waals surface area contributed by atoms with Gasteiger partial charge in [-0.05, 0) is 18.6 Å². The Hall–Kier alpha value is -2.56. The second kappa shape index (κ2) is 3.96. The topological polar surface area (TPSA) is 72.5 Å². The molecule has 1 aliphatic rings. The van der Waals surface area contributed by atoms with Gasteiger partial charge in [-0.1, -0.05) is 0 Å². The second-order valence-corrected chi connectivity index (χ2v) is 5.00. The van der Waals surface area contributed by atoms with E-state index < -0.39 is 0 Å². The van der Waals surface area contributed by atoms with Crippen LogP contribution in [0.4, 0.5) is 0 Å². The van der Waals surface area contributed by atoms with Crippen LogP contribution in [0.2, 0.25) is 0 Å². The number of rotatable bonds is 1. The van der Waals surface area contributed by atoms with Gasteiger partial charge in [0.05, 0.1) is 18.4 Å². The molecule has 2 amide bonds. The van der Waals surface area contributed by atoms with Gasteiger partial charge in [-0.2, -0.15) is 0 Å². The van der Waals surface area contributed by atoms with Gasteiger partial charge < -0.3 is 8.83 Å². The van der Waals surface area contributed by atoms with E-state index in [-0.39, 0.29) is 17.7 Å². The predicted molar refractivity (Wildman–Crippen MR) is 71.1 cm³/mol. The number of imide groups is 1. The molecule has 0 aliphatic carbocycles. The highest BCUT2D eigenvalue weighted by molar-refractivity contribution is 6.04. The van der Waals surface area contributed by atoms with Crippen LogP contribution in [0.5, 0.6) is 0 Å². The summed E-state index contributed by atoms with van der Waals surface area (Å²) in [6.45, 7) is 0. The molecule has 1 aromatic carbocycles. The maximum absolute atomic E-state index is 12.0. The molecular weight excluding hydrogens is 258 g/mol. The van der Waals surface area contributed by atoms with Crippen LogP contribution < -0.4 is 5.32 Å². The van der Waals surface area contributed by atoms with Gasteiger partial charge in [-0.3, -0.25) is 14.9 Å². The first-order valence-electron chi connectivity index (χ1n) is 6.44. The third-order valence-corrected chi connectivity index (χ3v) is 3.79. The van der Waals surface area contributed by atoms with Crippen molar-refractivity contribution in [2.24, 2.45) is 0 Å². The molecular formula is C15H11NO4. The molecule has 0 spiro atoms. The number of amides is 2. The first-order valence-corrected chi connectivity index (χ1v) is 6.44. The van der Waals surface area contributed by atoms with Gasteiger partial charge in [0.1, 0.15) is 11.2 Å². The number of hydrogen-bond donors (Lipinski definition) is 1. The van der Waals surface area contributed by atoms with Crippen molar-refractivity contribution in [2.45, 2.75) is 18.8 Å². The molecule has 0 bridgehead atoms. The number of piperidine rings is 1. The Morgan fingerprint density at radius 1 is 1.15 bits per heavy atom. The van der Waals surface area contributed by atoms with E-state index in [1.807, 2.05) is 18.2 Å². The van der Waals surface area contributed by atoms with Gasteiger partial charge in [-0.15, -0.1) is 0 Å². The lowest BCUT2D eigenvalue weighted by atomic mass is 9.90. The fourth-order valence-corrected chi connectivity index (χ4v) is 2.76. The fourth-order valence-electron chi connectivity index (χ4n) is 2.76. The van der Waals surface area contributed by atoms with Gasteiger partial charge in [0.25, 0.3) is 0 Å². The Kier molecular flexibility index (Phi) is 2.24. The van der Waals surface area contributed by atoms with Gasteiger partial charge in [0.15, 0.2) is 0 Å². The maximum atomic E-state index is 12.0. The minimum atomic E-state index is -0.335. The SMILES string of the molecule is O=C1CC[C@H](c2coc3cc4occc4cc23)C(=O)N1. The summed E-state index contributed by atoms with van der Waals surface area (Å²) < 4.78 is 10.9. The van der Waals surface area contributed by atoms with Crippen LogP contribution in [-0.2, 0) is 9.59 Å². The van der Waals surface area contributed by atoms with Crippen molar-refractivity contribution in [3.63, 3.8) is 0 Å². The molecule has 1 atom stereocenters. The number of benzene rings is 1. The Balaban J connectivity index is 1.86. The molecule has 5 heteroatoms. The molecule has 100 valence electrons. The third kappa shape index (κ3) is 1.56. The van der Waals surface area contributed by atoms with Crippen molar-refractivity contribution >= 4 is 33.8 Å². The van der Waals surface area contributed by atoms with E-state index in [0.29, 0.717) is 18.4 Å². The summed E-state index contributed by atoms with van der Waals surface area (Å²) in [7, 11) is 0. The molecule has 1 fully saturated rings. The van der Waals surface area contributed by atoms with E-state index in [4.69, 9.17) is 8.83 Å². The lowest BCUT2D eigenvalue weighted by molar-refractivity contribution is -0.134. The number of fused-ring (bicyclic) bond motifs is 2. The van der Waals surface area contributed by atoms with Gasteiger partial charge >= 0.3 is 0 Å². The zero-order valence-electron chi connectivity index (χ0n) is 10.5. The molecule has 3 aromatic rings. The van der Waals surface area contributed by atoms with Crippen molar-refractivity contribution in [3.8, 4) is 0 Å². The molecule has 0 unspecified atom stereocenters. The number of hydrogen-bond acceptors (Lipinski definition) is 4. The molecule has 4 rings (SSSR count). The molecule has 1 saturated heterocycles. The van der Waals surface area contributed by atoms with Gasteiger partial charge in [0.2, 0.25) is 11.8 Å². The van der Waals surface area contributed by atoms with Crippen molar-refractivity contribution in [2.75, 3.05) is 0 Å². The van der Waals surface area contributed by atoms with E-state index in [9.17, 15) is 9.59 Å². The highest BCUT2D eigenvalue weighted by atomic mass is 16.3. The molecule has 1 N–H and O–H groups in total. The lowest BCUT2D eigenvalue weighted by Crippen LogP contribution is -2.39. The molecule has 0 saturated carbocycles. The monoisotopic (exact) mass is 269 g/mol. The van der Waals surface area contributed by atoms with Crippen LogP contribution in [0.25, 0.3) is 21.9 Å². The summed E-state index contributed by atoms with van der Waals surface area (Å²) in [5.41, 5.74) is 2.27. The molecule has 1 aliphatic heterocycles. The van der Waals surface area contributed by atoms with Crippen LogP contribution in [0.1, 0.15) is 24.3 Å². The summed E-state index contributed by atoms with van der Waals surface area (Å²) in [5.74, 6) is -0.800. The number of carbonyl (C=O) groups is 2. The Labute approximate surface area is 113 Å². The Bertz CT molecular complexity index is 842. The third-order valence-electron chi connectivity index (χ3n) is 3.79. The normalized spacial score (nSPS) is 19.7. The van der Waals surface area contributed by atoms with Gasteiger partial charge in [0, 0.05) is 28.8 Å².